The minimum atomic E-state index is -0.0793. The molecule has 4 rings (SSSR count). The van der Waals surface area contributed by atoms with Crippen molar-refractivity contribution in [1.82, 2.24) is 9.88 Å². The second-order valence-corrected chi connectivity index (χ2v) is 8.73. The van der Waals surface area contributed by atoms with Crippen molar-refractivity contribution < 1.29 is 14.3 Å². The smallest absolute Gasteiger partial charge is 0.233 e. The van der Waals surface area contributed by atoms with Crippen molar-refractivity contribution in [1.29, 1.82) is 0 Å². The van der Waals surface area contributed by atoms with E-state index < -0.39 is 0 Å². The molecule has 0 saturated carbocycles. The van der Waals surface area contributed by atoms with Crippen LogP contribution in [-0.2, 0) is 4.79 Å². The number of rotatable bonds is 7. The highest BCUT2D eigenvalue weighted by molar-refractivity contribution is 9.10. The zero-order valence-electron chi connectivity index (χ0n) is 16.5. The number of benzene rings is 2. The minimum Gasteiger partial charge on any atom is -0.497 e. The Bertz CT molecular complexity index is 1010. The van der Waals surface area contributed by atoms with E-state index in [1.54, 1.807) is 25.1 Å². The lowest BCUT2D eigenvalue weighted by Crippen LogP contribution is -2.32. The Labute approximate surface area is 188 Å². The lowest BCUT2D eigenvalue weighted by molar-refractivity contribution is -0.128. The van der Waals surface area contributed by atoms with Gasteiger partial charge in [0.1, 0.15) is 23.5 Å². The Balaban J connectivity index is 1.49. The van der Waals surface area contributed by atoms with Crippen LogP contribution in [0.25, 0.3) is 11.1 Å². The maximum atomic E-state index is 12.6. The molecule has 1 unspecified atom stereocenters. The molecule has 1 aromatic heterocycles. The van der Waals surface area contributed by atoms with E-state index in [0.717, 1.165) is 32.7 Å². The Morgan fingerprint density at radius 2 is 1.83 bits per heavy atom. The third kappa shape index (κ3) is 4.63. The number of carbonyl (C=O) groups is 1. The zero-order valence-corrected chi connectivity index (χ0v) is 18.9. The highest BCUT2D eigenvalue weighted by Crippen LogP contribution is 2.42. The average molecular weight is 485 g/mol. The van der Waals surface area contributed by atoms with E-state index in [1.807, 2.05) is 53.6 Å². The number of hydrogen-bond donors (Lipinski definition) is 0. The van der Waals surface area contributed by atoms with E-state index in [-0.39, 0.29) is 11.3 Å². The van der Waals surface area contributed by atoms with Crippen LogP contribution in [0.1, 0.15) is 10.9 Å². The lowest BCUT2D eigenvalue weighted by atomic mass is 10.0. The molecule has 1 amide bonds. The topological polar surface area (TPSA) is 51.7 Å². The van der Waals surface area contributed by atoms with Gasteiger partial charge in [-0.25, -0.2) is 0 Å². The number of carbonyl (C=O) groups excluding carboxylic acids is 1. The van der Waals surface area contributed by atoms with Crippen LogP contribution in [0.3, 0.4) is 0 Å². The van der Waals surface area contributed by atoms with Gasteiger partial charge in [0.05, 0.1) is 19.4 Å². The summed E-state index contributed by atoms with van der Waals surface area (Å²) in [5.74, 6) is 2.12. The number of methoxy groups -OCH3 is 1. The fourth-order valence-electron chi connectivity index (χ4n) is 3.38. The summed E-state index contributed by atoms with van der Waals surface area (Å²) in [6, 6.07) is 17.6. The molecular formula is C23H21BrN2O3S. The predicted molar refractivity (Wildman–Crippen MR) is 123 cm³/mol. The van der Waals surface area contributed by atoms with E-state index in [0.29, 0.717) is 18.9 Å². The molecule has 1 aliphatic rings. The van der Waals surface area contributed by atoms with Gasteiger partial charge in [-0.3, -0.25) is 9.78 Å². The van der Waals surface area contributed by atoms with Gasteiger partial charge in [0.15, 0.2) is 0 Å². The van der Waals surface area contributed by atoms with Crippen molar-refractivity contribution in [2.24, 2.45) is 0 Å². The molecule has 30 heavy (non-hydrogen) atoms. The second-order valence-electron chi connectivity index (χ2n) is 6.74. The van der Waals surface area contributed by atoms with Crippen LogP contribution in [0, 0.1) is 0 Å². The molecule has 0 aliphatic carbocycles. The summed E-state index contributed by atoms with van der Waals surface area (Å²) in [5.41, 5.74) is 3.23. The van der Waals surface area contributed by atoms with Gasteiger partial charge in [-0.05, 0) is 53.6 Å². The van der Waals surface area contributed by atoms with Crippen molar-refractivity contribution >= 4 is 33.6 Å². The van der Waals surface area contributed by atoms with E-state index >= 15 is 0 Å². The molecule has 1 fully saturated rings. The van der Waals surface area contributed by atoms with Gasteiger partial charge in [-0.2, -0.15) is 0 Å². The third-order valence-electron chi connectivity index (χ3n) is 4.90. The zero-order chi connectivity index (χ0) is 20.9. The highest BCUT2D eigenvalue weighted by Gasteiger charge is 2.34. The molecule has 0 spiro atoms. The van der Waals surface area contributed by atoms with E-state index in [1.165, 1.54) is 0 Å². The summed E-state index contributed by atoms with van der Waals surface area (Å²) in [6.07, 6.45) is 3.66. The van der Waals surface area contributed by atoms with Gasteiger partial charge in [-0.15, -0.1) is 11.8 Å². The molecule has 1 atom stereocenters. The standard InChI is InChI=1S/C23H21BrN2O3S/c1-28-18-6-8-19(9-7-18)29-13-12-26-22(27)15-30-23(26)21-14-25-11-10-20(21)16-2-4-17(24)5-3-16/h2-11,14,23H,12-13,15H2,1H3. The van der Waals surface area contributed by atoms with E-state index in [9.17, 15) is 4.79 Å². The number of aromatic nitrogens is 1. The first kappa shape index (κ1) is 20.8. The molecule has 1 saturated heterocycles. The van der Waals surface area contributed by atoms with Crippen molar-refractivity contribution in [2.75, 3.05) is 26.0 Å². The maximum absolute atomic E-state index is 12.6. The van der Waals surface area contributed by atoms with Crippen molar-refractivity contribution in [3.8, 4) is 22.6 Å². The predicted octanol–water partition coefficient (Wildman–Crippen LogP) is 5.17. The van der Waals surface area contributed by atoms with Crippen LogP contribution in [0.2, 0.25) is 0 Å². The summed E-state index contributed by atoms with van der Waals surface area (Å²) in [6.45, 7) is 0.931. The molecule has 154 valence electrons. The van der Waals surface area contributed by atoms with Gasteiger partial charge in [0.2, 0.25) is 5.91 Å². The number of ether oxygens (including phenoxy) is 2. The SMILES string of the molecule is COc1ccc(OCCN2C(=O)CSC2c2cnccc2-c2ccc(Br)cc2)cc1. The highest BCUT2D eigenvalue weighted by atomic mass is 79.9. The summed E-state index contributed by atoms with van der Waals surface area (Å²) in [5, 5.41) is -0.0793. The Hall–Kier alpha value is -2.51. The van der Waals surface area contributed by atoms with Gasteiger partial charge in [-0.1, -0.05) is 28.1 Å². The van der Waals surface area contributed by atoms with Crippen LogP contribution >= 0.6 is 27.7 Å². The van der Waals surface area contributed by atoms with Crippen LogP contribution < -0.4 is 9.47 Å². The Morgan fingerprint density at radius 3 is 2.57 bits per heavy atom. The first-order valence-corrected chi connectivity index (χ1v) is 11.4. The molecule has 5 nitrogen and oxygen atoms in total. The maximum Gasteiger partial charge on any atom is 0.233 e. The van der Waals surface area contributed by atoms with Gasteiger partial charge in [0, 0.05) is 22.4 Å². The number of thioether (sulfide) groups is 1. The molecule has 0 bridgehead atoms. The Morgan fingerprint density at radius 1 is 1.10 bits per heavy atom. The molecule has 7 heteroatoms. The number of pyridine rings is 1. The van der Waals surface area contributed by atoms with Gasteiger partial charge < -0.3 is 14.4 Å². The molecule has 1 aliphatic heterocycles. The molecule has 3 aromatic rings. The fourth-order valence-corrected chi connectivity index (χ4v) is 4.88. The summed E-state index contributed by atoms with van der Waals surface area (Å²) < 4.78 is 12.0. The van der Waals surface area contributed by atoms with E-state index in [4.69, 9.17) is 9.47 Å². The Kier molecular flexibility index (Phi) is 6.59. The first-order valence-electron chi connectivity index (χ1n) is 9.53. The summed E-state index contributed by atoms with van der Waals surface area (Å²) >= 11 is 5.12. The van der Waals surface area contributed by atoms with Crippen LogP contribution in [-0.4, -0.2) is 41.8 Å². The van der Waals surface area contributed by atoms with Gasteiger partial charge in [0.25, 0.3) is 0 Å². The molecule has 2 heterocycles. The van der Waals surface area contributed by atoms with Crippen molar-refractivity contribution in [3.63, 3.8) is 0 Å². The monoisotopic (exact) mass is 484 g/mol. The summed E-state index contributed by atoms with van der Waals surface area (Å²) in [4.78, 5) is 18.8. The normalized spacial score (nSPS) is 16.0. The number of amides is 1. The third-order valence-corrected chi connectivity index (χ3v) is 6.67. The molecule has 0 radical (unpaired) electrons. The largest absolute Gasteiger partial charge is 0.497 e. The van der Waals surface area contributed by atoms with Crippen LogP contribution in [0.5, 0.6) is 11.5 Å². The molecule has 2 aromatic carbocycles. The van der Waals surface area contributed by atoms with Crippen molar-refractivity contribution in [2.45, 2.75) is 5.37 Å². The second kappa shape index (κ2) is 9.53. The van der Waals surface area contributed by atoms with E-state index in [2.05, 4.69) is 33.0 Å². The quantitative estimate of drug-likeness (QED) is 0.462. The minimum absolute atomic E-state index is 0.0793. The lowest BCUT2D eigenvalue weighted by Gasteiger charge is -2.25. The number of nitrogens with zero attached hydrogens (tertiary/aromatic N) is 2. The number of hydrogen-bond acceptors (Lipinski definition) is 5. The molecular weight excluding hydrogens is 464 g/mol. The fraction of sp³-hybridized carbons (Fsp3) is 0.217. The molecule has 0 N–H and O–H groups in total. The first-order chi connectivity index (χ1) is 14.7. The van der Waals surface area contributed by atoms with Crippen molar-refractivity contribution in [3.05, 3.63) is 77.0 Å². The van der Waals surface area contributed by atoms with Crippen LogP contribution in [0.15, 0.2) is 71.5 Å². The average Bonchev–Trinajstić information content (AvgIpc) is 3.15. The van der Waals surface area contributed by atoms with Crippen LogP contribution in [0.4, 0.5) is 0 Å². The summed E-state index contributed by atoms with van der Waals surface area (Å²) in [7, 11) is 1.63. The van der Waals surface area contributed by atoms with Gasteiger partial charge >= 0.3 is 0 Å². The number of halogens is 1.